The number of nitrogens with zero attached hydrogens (tertiary/aromatic N) is 1. The van der Waals surface area contributed by atoms with E-state index in [9.17, 15) is 9.59 Å². The summed E-state index contributed by atoms with van der Waals surface area (Å²) in [6.45, 7) is 0.348. The number of hydrogen-bond acceptors (Lipinski definition) is 3. The molecule has 0 radical (unpaired) electrons. The van der Waals surface area contributed by atoms with E-state index in [1.54, 1.807) is 4.90 Å². The van der Waals surface area contributed by atoms with Gasteiger partial charge in [0.25, 0.3) is 0 Å². The fourth-order valence-electron chi connectivity index (χ4n) is 4.63. The van der Waals surface area contributed by atoms with Crippen LogP contribution in [0.2, 0.25) is 5.02 Å². The fraction of sp³-hybridized carbons (Fsp3) is 0.333. The van der Waals surface area contributed by atoms with E-state index in [0.29, 0.717) is 18.0 Å². The van der Waals surface area contributed by atoms with Gasteiger partial charge in [0.1, 0.15) is 6.04 Å². The van der Waals surface area contributed by atoms with Gasteiger partial charge in [-0.3, -0.25) is 9.59 Å². The number of rotatable bonds is 10. The molecule has 1 N–H and O–H groups in total. The quantitative estimate of drug-likeness (QED) is 0.309. The zero-order chi connectivity index (χ0) is 25.2. The van der Waals surface area contributed by atoms with Gasteiger partial charge in [0.15, 0.2) is 0 Å². The second kappa shape index (κ2) is 13.5. The van der Waals surface area contributed by atoms with Gasteiger partial charge in [0.05, 0.1) is 5.75 Å². The maximum atomic E-state index is 13.7. The molecule has 4 nitrogen and oxygen atoms in total. The van der Waals surface area contributed by atoms with E-state index in [1.165, 1.54) is 18.2 Å². The standard InChI is InChI=1S/C30H33ClN2O2S/c31-25-18-16-24(17-19-25)21-33(29(34)22-36-27-14-8-3-9-15-27)28(20-23-10-4-1-5-11-23)30(35)32-26-12-6-2-7-13-26/h1,3-5,8-11,14-19,26,28H,2,6-7,12-13,20-22H2,(H,32,35). The number of hydrogen-bond donors (Lipinski definition) is 1. The first-order valence-corrected chi connectivity index (χ1v) is 14.0. The number of thioether (sulfide) groups is 1. The van der Waals surface area contributed by atoms with Crippen molar-refractivity contribution >= 4 is 35.2 Å². The highest BCUT2D eigenvalue weighted by Gasteiger charge is 2.31. The van der Waals surface area contributed by atoms with E-state index >= 15 is 0 Å². The molecule has 1 atom stereocenters. The smallest absolute Gasteiger partial charge is 0.243 e. The summed E-state index contributed by atoms with van der Waals surface area (Å²) >= 11 is 7.61. The lowest BCUT2D eigenvalue weighted by Crippen LogP contribution is -2.53. The topological polar surface area (TPSA) is 49.4 Å². The first kappa shape index (κ1) is 26.3. The Bertz CT molecular complexity index is 1100. The van der Waals surface area contributed by atoms with Crippen LogP contribution in [0.4, 0.5) is 0 Å². The van der Waals surface area contributed by atoms with Crippen LogP contribution in [-0.4, -0.2) is 34.6 Å². The maximum Gasteiger partial charge on any atom is 0.243 e. The Kier molecular flexibility index (Phi) is 9.88. The van der Waals surface area contributed by atoms with Crippen molar-refractivity contribution < 1.29 is 9.59 Å². The van der Waals surface area contributed by atoms with Crippen LogP contribution in [0.15, 0.2) is 89.8 Å². The van der Waals surface area contributed by atoms with Crippen molar-refractivity contribution in [3.05, 3.63) is 101 Å². The molecule has 0 aromatic heterocycles. The van der Waals surface area contributed by atoms with E-state index in [1.807, 2.05) is 84.9 Å². The van der Waals surface area contributed by atoms with Gasteiger partial charge in [0.2, 0.25) is 11.8 Å². The predicted molar refractivity (Wildman–Crippen MR) is 148 cm³/mol. The molecule has 0 saturated heterocycles. The molecule has 0 aliphatic heterocycles. The van der Waals surface area contributed by atoms with Crippen molar-refractivity contribution in [2.24, 2.45) is 0 Å². The van der Waals surface area contributed by atoms with Gasteiger partial charge in [0, 0.05) is 28.9 Å². The molecule has 1 aliphatic rings. The summed E-state index contributed by atoms with van der Waals surface area (Å²) in [5, 5.41) is 3.93. The summed E-state index contributed by atoms with van der Waals surface area (Å²) in [5.74, 6) is 0.135. The number of benzene rings is 3. The second-order valence-electron chi connectivity index (χ2n) is 9.30. The predicted octanol–water partition coefficient (Wildman–Crippen LogP) is 6.52. The minimum atomic E-state index is -0.603. The molecule has 1 aliphatic carbocycles. The van der Waals surface area contributed by atoms with Crippen molar-refractivity contribution in [2.45, 2.75) is 62.0 Å². The number of carbonyl (C=O) groups excluding carboxylic acids is 2. The lowest BCUT2D eigenvalue weighted by atomic mass is 9.94. The van der Waals surface area contributed by atoms with Gasteiger partial charge in [-0.05, 0) is 48.2 Å². The van der Waals surface area contributed by atoms with Gasteiger partial charge in [-0.2, -0.15) is 0 Å². The molecule has 1 saturated carbocycles. The van der Waals surface area contributed by atoms with Gasteiger partial charge in [-0.15, -0.1) is 11.8 Å². The Morgan fingerprint density at radius 3 is 2.17 bits per heavy atom. The molecule has 4 rings (SSSR count). The molecule has 36 heavy (non-hydrogen) atoms. The molecule has 188 valence electrons. The van der Waals surface area contributed by atoms with E-state index in [-0.39, 0.29) is 23.6 Å². The normalized spacial score (nSPS) is 14.7. The Morgan fingerprint density at radius 1 is 0.861 bits per heavy atom. The van der Waals surface area contributed by atoms with Gasteiger partial charge >= 0.3 is 0 Å². The van der Waals surface area contributed by atoms with Gasteiger partial charge < -0.3 is 10.2 Å². The molecular formula is C30H33ClN2O2S. The summed E-state index contributed by atoms with van der Waals surface area (Å²) < 4.78 is 0. The molecular weight excluding hydrogens is 488 g/mol. The highest BCUT2D eigenvalue weighted by molar-refractivity contribution is 8.00. The van der Waals surface area contributed by atoms with E-state index in [2.05, 4.69) is 5.32 Å². The molecule has 2 amide bonds. The Balaban J connectivity index is 1.60. The number of amides is 2. The molecule has 3 aromatic carbocycles. The van der Waals surface area contributed by atoms with Crippen LogP contribution >= 0.6 is 23.4 Å². The molecule has 6 heteroatoms. The third-order valence-corrected chi connectivity index (χ3v) is 7.84. The number of nitrogens with one attached hydrogen (secondary N) is 1. The Hall–Kier alpha value is -2.76. The third kappa shape index (κ3) is 7.87. The van der Waals surface area contributed by atoms with Crippen LogP contribution in [0.25, 0.3) is 0 Å². The number of halogens is 1. The second-order valence-corrected chi connectivity index (χ2v) is 10.8. The van der Waals surface area contributed by atoms with Crippen LogP contribution in [0.3, 0.4) is 0 Å². The summed E-state index contributed by atoms with van der Waals surface area (Å²) in [5.41, 5.74) is 1.98. The monoisotopic (exact) mass is 520 g/mol. The van der Waals surface area contributed by atoms with E-state index in [4.69, 9.17) is 11.6 Å². The SMILES string of the molecule is O=C(NC1CCCCC1)C(Cc1ccccc1)N(Cc1ccc(Cl)cc1)C(=O)CSc1ccccc1. The Labute approximate surface area is 223 Å². The maximum absolute atomic E-state index is 13.7. The lowest BCUT2D eigenvalue weighted by molar-refractivity contribution is -0.139. The Morgan fingerprint density at radius 2 is 1.50 bits per heavy atom. The number of carbonyl (C=O) groups is 2. The first-order valence-electron chi connectivity index (χ1n) is 12.6. The zero-order valence-corrected chi connectivity index (χ0v) is 22.0. The lowest BCUT2D eigenvalue weighted by Gasteiger charge is -2.33. The van der Waals surface area contributed by atoms with Gasteiger partial charge in [-0.1, -0.05) is 91.5 Å². The highest BCUT2D eigenvalue weighted by Crippen LogP contribution is 2.23. The summed E-state index contributed by atoms with van der Waals surface area (Å²) in [4.78, 5) is 30.2. The largest absolute Gasteiger partial charge is 0.352 e. The average molecular weight is 521 g/mol. The third-order valence-electron chi connectivity index (χ3n) is 6.59. The minimum Gasteiger partial charge on any atom is -0.352 e. The van der Waals surface area contributed by atoms with Crippen molar-refractivity contribution in [3.8, 4) is 0 Å². The van der Waals surface area contributed by atoms with Crippen molar-refractivity contribution in [3.63, 3.8) is 0 Å². The fourth-order valence-corrected chi connectivity index (χ4v) is 5.56. The van der Waals surface area contributed by atoms with Crippen LogP contribution in [0.5, 0.6) is 0 Å². The summed E-state index contributed by atoms with van der Waals surface area (Å²) in [7, 11) is 0. The molecule has 0 bridgehead atoms. The summed E-state index contributed by atoms with van der Waals surface area (Å²) in [6.07, 6.45) is 5.95. The first-order chi connectivity index (χ1) is 17.6. The van der Waals surface area contributed by atoms with Crippen molar-refractivity contribution in [1.29, 1.82) is 0 Å². The van der Waals surface area contributed by atoms with Crippen molar-refractivity contribution in [1.82, 2.24) is 10.2 Å². The molecule has 0 spiro atoms. The van der Waals surface area contributed by atoms with Crippen LogP contribution in [-0.2, 0) is 22.6 Å². The summed E-state index contributed by atoms with van der Waals surface area (Å²) in [6, 6.07) is 26.9. The van der Waals surface area contributed by atoms with Crippen molar-refractivity contribution in [2.75, 3.05) is 5.75 Å². The van der Waals surface area contributed by atoms with Gasteiger partial charge in [-0.25, -0.2) is 0 Å². The van der Waals surface area contributed by atoms with Crippen LogP contribution < -0.4 is 5.32 Å². The molecule has 0 heterocycles. The van der Waals surface area contributed by atoms with Crippen LogP contribution in [0.1, 0.15) is 43.2 Å². The van der Waals surface area contributed by atoms with Crippen LogP contribution in [0, 0.1) is 0 Å². The molecule has 3 aromatic rings. The molecule has 1 unspecified atom stereocenters. The average Bonchev–Trinajstić information content (AvgIpc) is 2.92. The molecule has 1 fully saturated rings. The van der Waals surface area contributed by atoms with E-state index < -0.39 is 6.04 Å². The highest BCUT2D eigenvalue weighted by atomic mass is 35.5. The minimum absolute atomic E-state index is 0.0569. The zero-order valence-electron chi connectivity index (χ0n) is 20.4. The van der Waals surface area contributed by atoms with E-state index in [0.717, 1.165) is 41.7 Å².